The molecule has 0 unspecified atom stereocenters. The van der Waals surface area contributed by atoms with Gasteiger partial charge in [0.15, 0.2) is 5.69 Å². The number of likely N-dealkylation sites (N-methyl/N-ethyl adjacent to an activating group) is 2. The first-order chi connectivity index (χ1) is 8.32. The van der Waals surface area contributed by atoms with E-state index in [1.165, 1.54) is 14.0 Å². The van der Waals surface area contributed by atoms with Gasteiger partial charge in [0.05, 0.1) is 5.69 Å². The molecule has 0 radical (unpaired) electrons. The highest BCUT2D eigenvalue weighted by Crippen LogP contribution is 2.20. The van der Waals surface area contributed by atoms with E-state index in [0.29, 0.717) is 6.54 Å². The number of carbonyl (C=O) groups is 1. The summed E-state index contributed by atoms with van der Waals surface area (Å²) in [5, 5.41) is 17.6. The van der Waals surface area contributed by atoms with Crippen LogP contribution in [0.25, 0.3) is 0 Å². The lowest BCUT2D eigenvalue weighted by Crippen LogP contribution is -2.33. The van der Waals surface area contributed by atoms with Crippen LogP contribution in [0.2, 0.25) is 0 Å². The molecule has 0 atom stereocenters. The lowest BCUT2D eigenvalue weighted by molar-refractivity contribution is 0.0686. The molecule has 1 heterocycles. The van der Waals surface area contributed by atoms with Gasteiger partial charge in [-0.15, -0.1) is 0 Å². The van der Waals surface area contributed by atoms with Crippen molar-refractivity contribution in [1.82, 2.24) is 19.8 Å². The van der Waals surface area contributed by atoms with Crippen LogP contribution in [-0.4, -0.2) is 61.2 Å². The molecular weight excluding hydrogens is 260 g/mol. The number of aromatic amines is 1. The van der Waals surface area contributed by atoms with E-state index in [1.54, 1.807) is 7.05 Å². The summed E-state index contributed by atoms with van der Waals surface area (Å²) in [7, 11) is -0.761. The van der Waals surface area contributed by atoms with E-state index < -0.39 is 21.7 Å². The Morgan fingerprint density at radius 2 is 2.17 bits per heavy atom. The zero-order valence-electron chi connectivity index (χ0n) is 10.4. The number of hydrogen-bond acceptors (Lipinski definition) is 5. The van der Waals surface area contributed by atoms with Crippen LogP contribution in [0.4, 0.5) is 0 Å². The molecule has 0 aromatic carbocycles. The Balaban J connectivity index is 3.20. The van der Waals surface area contributed by atoms with Crippen molar-refractivity contribution < 1.29 is 18.3 Å². The summed E-state index contributed by atoms with van der Waals surface area (Å²) in [6.07, 6.45) is 0. The minimum atomic E-state index is -3.86. The number of carboxylic acid groups (broad SMARTS) is 1. The molecule has 0 amide bonds. The summed E-state index contributed by atoms with van der Waals surface area (Å²) < 4.78 is 25.5. The number of H-pyrrole nitrogens is 1. The third-order valence-electron chi connectivity index (χ3n) is 2.44. The summed E-state index contributed by atoms with van der Waals surface area (Å²) in [4.78, 5) is 10.7. The molecule has 9 heteroatoms. The summed E-state index contributed by atoms with van der Waals surface area (Å²) in [5.41, 5.74) is -0.271. The highest BCUT2D eigenvalue weighted by atomic mass is 32.2. The average molecular weight is 276 g/mol. The first-order valence-electron chi connectivity index (χ1n) is 5.21. The molecule has 0 spiro atoms. The molecular formula is C9H16N4O4S. The monoisotopic (exact) mass is 276 g/mol. The molecule has 1 aromatic rings. The van der Waals surface area contributed by atoms with Crippen molar-refractivity contribution in [2.45, 2.75) is 11.8 Å². The van der Waals surface area contributed by atoms with E-state index in [-0.39, 0.29) is 17.1 Å². The maximum atomic E-state index is 12.2. The predicted molar refractivity (Wildman–Crippen MR) is 64.0 cm³/mol. The van der Waals surface area contributed by atoms with Gasteiger partial charge in [-0.05, 0) is 14.0 Å². The fourth-order valence-corrected chi connectivity index (χ4v) is 2.88. The third kappa shape index (κ3) is 2.68. The molecule has 0 aliphatic carbocycles. The number of nitrogens with zero attached hydrogens (tertiary/aromatic N) is 2. The minimum Gasteiger partial charge on any atom is -0.476 e. The number of hydrogen-bond donors (Lipinski definition) is 3. The van der Waals surface area contributed by atoms with Crippen molar-refractivity contribution in [2.24, 2.45) is 0 Å². The van der Waals surface area contributed by atoms with E-state index in [4.69, 9.17) is 5.11 Å². The van der Waals surface area contributed by atoms with Crippen LogP contribution < -0.4 is 5.32 Å². The van der Waals surface area contributed by atoms with Gasteiger partial charge in [0.1, 0.15) is 4.90 Å². The van der Waals surface area contributed by atoms with Crippen molar-refractivity contribution in [2.75, 3.05) is 27.2 Å². The largest absolute Gasteiger partial charge is 0.476 e. The highest BCUT2D eigenvalue weighted by Gasteiger charge is 2.31. The van der Waals surface area contributed by atoms with Crippen LogP contribution in [0.3, 0.4) is 0 Å². The Morgan fingerprint density at radius 3 is 2.67 bits per heavy atom. The molecule has 0 saturated heterocycles. The fourth-order valence-electron chi connectivity index (χ4n) is 1.42. The zero-order chi connectivity index (χ0) is 13.9. The Bertz CT molecular complexity index is 537. The third-order valence-corrected chi connectivity index (χ3v) is 4.46. The van der Waals surface area contributed by atoms with Crippen molar-refractivity contribution in [3.63, 3.8) is 0 Å². The van der Waals surface area contributed by atoms with Gasteiger partial charge in [0.2, 0.25) is 10.0 Å². The first-order valence-corrected chi connectivity index (χ1v) is 6.65. The SMILES string of the molecule is CNCCN(C)S(=O)(=O)c1c(C(=O)O)n[nH]c1C. The van der Waals surface area contributed by atoms with E-state index >= 15 is 0 Å². The molecule has 18 heavy (non-hydrogen) atoms. The van der Waals surface area contributed by atoms with Gasteiger partial charge in [0.25, 0.3) is 0 Å². The number of aryl methyl sites for hydroxylation is 1. The van der Waals surface area contributed by atoms with Gasteiger partial charge in [-0.25, -0.2) is 13.2 Å². The topological polar surface area (TPSA) is 115 Å². The summed E-state index contributed by atoms with van der Waals surface area (Å²) in [6, 6.07) is 0. The van der Waals surface area contributed by atoms with Crippen LogP contribution >= 0.6 is 0 Å². The second kappa shape index (κ2) is 5.46. The Hall–Kier alpha value is -1.45. The minimum absolute atomic E-state index is 0.212. The van der Waals surface area contributed by atoms with Crippen LogP contribution in [0, 0.1) is 6.92 Å². The lowest BCUT2D eigenvalue weighted by Gasteiger charge is -2.16. The molecule has 102 valence electrons. The number of aromatic carboxylic acids is 1. The van der Waals surface area contributed by atoms with E-state index in [2.05, 4.69) is 15.5 Å². The van der Waals surface area contributed by atoms with E-state index in [0.717, 1.165) is 4.31 Å². The maximum Gasteiger partial charge on any atom is 0.357 e. The number of sulfonamides is 1. The maximum absolute atomic E-state index is 12.2. The van der Waals surface area contributed by atoms with Gasteiger partial charge < -0.3 is 10.4 Å². The Labute approximate surface area is 105 Å². The number of carboxylic acids is 1. The van der Waals surface area contributed by atoms with E-state index in [9.17, 15) is 13.2 Å². The van der Waals surface area contributed by atoms with Crippen molar-refractivity contribution in [3.05, 3.63) is 11.4 Å². The zero-order valence-corrected chi connectivity index (χ0v) is 11.2. The number of nitrogens with one attached hydrogen (secondary N) is 2. The first kappa shape index (κ1) is 14.6. The Morgan fingerprint density at radius 1 is 1.56 bits per heavy atom. The lowest BCUT2D eigenvalue weighted by atomic mass is 10.4. The summed E-state index contributed by atoms with van der Waals surface area (Å²) in [6.45, 7) is 2.18. The quantitative estimate of drug-likeness (QED) is 0.630. The summed E-state index contributed by atoms with van der Waals surface area (Å²) >= 11 is 0. The molecule has 0 saturated carbocycles. The highest BCUT2D eigenvalue weighted by molar-refractivity contribution is 7.89. The van der Waals surface area contributed by atoms with Crippen molar-refractivity contribution >= 4 is 16.0 Å². The molecule has 0 aliphatic heterocycles. The number of aromatic nitrogens is 2. The summed E-state index contributed by atoms with van der Waals surface area (Å²) in [5.74, 6) is -1.38. The van der Waals surface area contributed by atoms with E-state index in [1.807, 2.05) is 0 Å². The van der Waals surface area contributed by atoms with Gasteiger partial charge in [-0.3, -0.25) is 5.10 Å². The second-order valence-corrected chi connectivity index (χ2v) is 5.74. The second-order valence-electron chi connectivity index (χ2n) is 3.76. The van der Waals surface area contributed by atoms with Crippen LogP contribution in [0.15, 0.2) is 4.90 Å². The van der Waals surface area contributed by atoms with Crippen LogP contribution in [0.5, 0.6) is 0 Å². The fraction of sp³-hybridized carbons (Fsp3) is 0.556. The Kier molecular flexibility index (Phi) is 4.43. The van der Waals surface area contributed by atoms with Gasteiger partial charge in [-0.1, -0.05) is 0 Å². The molecule has 3 N–H and O–H groups in total. The molecule has 0 bridgehead atoms. The van der Waals surface area contributed by atoms with Crippen molar-refractivity contribution in [3.8, 4) is 0 Å². The van der Waals surface area contributed by atoms with Crippen molar-refractivity contribution in [1.29, 1.82) is 0 Å². The van der Waals surface area contributed by atoms with Gasteiger partial charge >= 0.3 is 5.97 Å². The normalized spacial score (nSPS) is 12.0. The molecule has 0 fully saturated rings. The smallest absolute Gasteiger partial charge is 0.357 e. The molecule has 0 aliphatic rings. The molecule has 1 rings (SSSR count). The van der Waals surface area contributed by atoms with Gasteiger partial charge in [-0.2, -0.15) is 9.40 Å². The number of rotatable bonds is 6. The van der Waals surface area contributed by atoms with Crippen LogP contribution in [0.1, 0.15) is 16.2 Å². The van der Waals surface area contributed by atoms with Gasteiger partial charge in [0, 0.05) is 20.1 Å². The molecule has 1 aromatic heterocycles. The van der Waals surface area contributed by atoms with Crippen LogP contribution in [-0.2, 0) is 10.0 Å². The average Bonchev–Trinajstić information content (AvgIpc) is 2.68. The standard InChI is InChI=1S/C9H16N4O4S/c1-6-8(7(9(14)15)12-11-6)18(16,17)13(3)5-4-10-2/h10H,4-5H2,1-3H3,(H,11,12)(H,14,15). The molecule has 8 nitrogen and oxygen atoms in total. The predicted octanol–water partition coefficient (Wildman–Crippen LogP) is -0.744.